The highest BCUT2D eigenvalue weighted by molar-refractivity contribution is 7.15. The standard InChI is InChI=1S/C28H35N3O2S.ClH/c1-18-21(7-3-9-23(18)28-31-24-11-13-30-17-27(24)34-28)22-8-4-10-26(19(22)2)33-15-5-6-20-16-29-14-12-25(20)32;/h3-4,7-10,20,25,29-30,32H,5-6,11-17H2,1-2H3;1H. The second-order valence-electron chi connectivity index (χ2n) is 9.53. The Morgan fingerprint density at radius 3 is 2.60 bits per heavy atom. The van der Waals surface area contributed by atoms with Gasteiger partial charge >= 0.3 is 0 Å². The molecule has 35 heavy (non-hydrogen) atoms. The molecule has 5 nitrogen and oxygen atoms in total. The van der Waals surface area contributed by atoms with Gasteiger partial charge in [-0.25, -0.2) is 4.98 Å². The van der Waals surface area contributed by atoms with Crippen LogP contribution in [0.5, 0.6) is 5.75 Å². The Kier molecular flexibility index (Phi) is 8.84. The predicted octanol–water partition coefficient (Wildman–Crippen LogP) is 5.29. The van der Waals surface area contributed by atoms with Crippen LogP contribution in [0.4, 0.5) is 0 Å². The highest BCUT2D eigenvalue weighted by Crippen LogP contribution is 2.38. The molecule has 3 heterocycles. The number of benzene rings is 2. The Hall–Kier alpha value is -1.96. The summed E-state index contributed by atoms with van der Waals surface area (Å²) in [5, 5.41) is 18.1. The lowest BCUT2D eigenvalue weighted by Gasteiger charge is -2.28. The molecule has 0 bridgehead atoms. The molecule has 2 aliphatic rings. The van der Waals surface area contributed by atoms with Crippen molar-refractivity contribution in [2.45, 2.75) is 52.2 Å². The summed E-state index contributed by atoms with van der Waals surface area (Å²) in [6.45, 7) is 8.80. The first-order valence-corrected chi connectivity index (χ1v) is 13.3. The van der Waals surface area contributed by atoms with Gasteiger partial charge in [0, 0.05) is 36.5 Å². The van der Waals surface area contributed by atoms with Crippen molar-refractivity contribution >= 4 is 23.7 Å². The first-order valence-electron chi connectivity index (χ1n) is 12.5. The molecule has 0 aliphatic carbocycles. The molecule has 3 aromatic rings. The van der Waals surface area contributed by atoms with E-state index in [1.54, 1.807) is 0 Å². The zero-order chi connectivity index (χ0) is 23.5. The average molecular weight is 514 g/mol. The van der Waals surface area contributed by atoms with Gasteiger partial charge in [-0.2, -0.15) is 0 Å². The van der Waals surface area contributed by atoms with Crippen LogP contribution in [0.15, 0.2) is 36.4 Å². The number of halogens is 1. The summed E-state index contributed by atoms with van der Waals surface area (Å²) in [4.78, 5) is 6.35. The number of thiazole rings is 1. The largest absolute Gasteiger partial charge is 0.493 e. The van der Waals surface area contributed by atoms with Gasteiger partial charge in [0.1, 0.15) is 10.8 Å². The molecule has 5 rings (SSSR count). The van der Waals surface area contributed by atoms with E-state index in [1.807, 2.05) is 11.3 Å². The number of fused-ring (bicyclic) bond motifs is 1. The van der Waals surface area contributed by atoms with Gasteiger partial charge in [0.05, 0.1) is 18.4 Å². The third-order valence-corrected chi connectivity index (χ3v) is 8.42. The van der Waals surface area contributed by atoms with Crippen molar-refractivity contribution in [3.05, 3.63) is 58.1 Å². The van der Waals surface area contributed by atoms with E-state index < -0.39 is 0 Å². The van der Waals surface area contributed by atoms with Crippen molar-refractivity contribution in [3.8, 4) is 27.4 Å². The van der Waals surface area contributed by atoms with Crippen LogP contribution in [0.25, 0.3) is 21.7 Å². The predicted molar refractivity (Wildman–Crippen MR) is 147 cm³/mol. The van der Waals surface area contributed by atoms with Crippen LogP contribution in [0.2, 0.25) is 0 Å². The van der Waals surface area contributed by atoms with Gasteiger partial charge in [-0.05, 0) is 73.9 Å². The maximum Gasteiger partial charge on any atom is 0.124 e. The number of hydrogen-bond donors (Lipinski definition) is 3. The van der Waals surface area contributed by atoms with Crippen LogP contribution in [0.1, 0.15) is 41.0 Å². The minimum Gasteiger partial charge on any atom is -0.493 e. The van der Waals surface area contributed by atoms with Crippen LogP contribution in [0.3, 0.4) is 0 Å². The summed E-state index contributed by atoms with van der Waals surface area (Å²) < 4.78 is 6.22. The fraction of sp³-hybridized carbons (Fsp3) is 0.464. The topological polar surface area (TPSA) is 66.4 Å². The molecule has 0 spiro atoms. The number of nitrogens with one attached hydrogen (secondary N) is 2. The van der Waals surface area contributed by atoms with Gasteiger partial charge in [0.15, 0.2) is 0 Å². The molecule has 3 N–H and O–H groups in total. The number of rotatable bonds is 7. The summed E-state index contributed by atoms with van der Waals surface area (Å²) in [7, 11) is 0. The fourth-order valence-corrected chi connectivity index (χ4v) is 6.35. The number of aliphatic hydroxyl groups excluding tert-OH is 1. The maximum absolute atomic E-state index is 10.2. The lowest BCUT2D eigenvalue weighted by molar-refractivity contribution is 0.0711. The molecular weight excluding hydrogens is 478 g/mol. The van der Waals surface area contributed by atoms with Crippen molar-refractivity contribution in [3.63, 3.8) is 0 Å². The van der Waals surface area contributed by atoms with Crippen molar-refractivity contribution in [2.24, 2.45) is 5.92 Å². The van der Waals surface area contributed by atoms with Crippen molar-refractivity contribution in [1.82, 2.24) is 15.6 Å². The van der Waals surface area contributed by atoms with Crippen molar-refractivity contribution in [2.75, 3.05) is 26.2 Å². The Morgan fingerprint density at radius 1 is 1.03 bits per heavy atom. The number of nitrogens with zero attached hydrogens (tertiary/aromatic N) is 1. The number of ether oxygens (including phenoxy) is 1. The highest BCUT2D eigenvalue weighted by atomic mass is 35.5. The van der Waals surface area contributed by atoms with Gasteiger partial charge in [-0.15, -0.1) is 23.7 Å². The van der Waals surface area contributed by atoms with E-state index in [-0.39, 0.29) is 18.5 Å². The lowest BCUT2D eigenvalue weighted by atomic mass is 9.92. The third kappa shape index (κ3) is 5.73. The zero-order valence-electron chi connectivity index (χ0n) is 20.6. The maximum atomic E-state index is 10.2. The average Bonchev–Trinajstić information content (AvgIpc) is 3.28. The van der Waals surface area contributed by atoms with E-state index in [9.17, 15) is 5.11 Å². The summed E-state index contributed by atoms with van der Waals surface area (Å²) in [6.07, 6.45) is 3.62. The molecule has 2 unspecified atom stereocenters. The second-order valence-corrected chi connectivity index (χ2v) is 10.6. The summed E-state index contributed by atoms with van der Waals surface area (Å²) in [5.74, 6) is 1.28. The molecule has 2 aliphatic heterocycles. The Morgan fingerprint density at radius 2 is 1.80 bits per heavy atom. The number of aromatic nitrogens is 1. The number of aliphatic hydroxyl groups is 1. The van der Waals surface area contributed by atoms with E-state index in [4.69, 9.17) is 9.72 Å². The molecule has 1 aromatic heterocycles. The SMILES string of the molecule is Cc1c(OCCCC2CNCCC2O)cccc1-c1cccc(-c2nc3c(s2)CNCC3)c1C.Cl. The van der Waals surface area contributed by atoms with Crippen molar-refractivity contribution in [1.29, 1.82) is 0 Å². The summed E-state index contributed by atoms with van der Waals surface area (Å²) in [6, 6.07) is 12.9. The van der Waals surface area contributed by atoms with E-state index in [1.165, 1.54) is 38.4 Å². The quantitative estimate of drug-likeness (QED) is 0.374. The van der Waals surface area contributed by atoms with Crippen LogP contribution >= 0.6 is 23.7 Å². The first kappa shape index (κ1) is 26.1. The molecule has 2 atom stereocenters. The zero-order valence-corrected chi connectivity index (χ0v) is 22.2. The lowest BCUT2D eigenvalue weighted by Crippen LogP contribution is -2.39. The van der Waals surface area contributed by atoms with E-state index in [0.29, 0.717) is 12.5 Å². The third-order valence-electron chi connectivity index (χ3n) is 7.29. The van der Waals surface area contributed by atoms with Gasteiger partial charge in [-0.3, -0.25) is 0 Å². The summed E-state index contributed by atoms with van der Waals surface area (Å²) >= 11 is 1.82. The molecule has 2 aromatic carbocycles. The Labute approximate surface area is 218 Å². The van der Waals surface area contributed by atoms with Gasteiger partial charge in [0.2, 0.25) is 0 Å². The Balaban J connectivity index is 0.00000289. The normalized spacial score (nSPS) is 19.6. The molecule has 0 amide bonds. The van der Waals surface area contributed by atoms with Crippen molar-refractivity contribution < 1.29 is 9.84 Å². The van der Waals surface area contributed by atoms with Crippen LogP contribution in [0, 0.1) is 19.8 Å². The van der Waals surface area contributed by atoms with Gasteiger partial charge in [-0.1, -0.05) is 30.3 Å². The van der Waals surface area contributed by atoms with Gasteiger partial charge < -0.3 is 20.5 Å². The second kappa shape index (κ2) is 11.8. The van der Waals surface area contributed by atoms with Crippen LogP contribution in [-0.4, -0.2) is 42.4 Å². The van der Waals surface area contributed by atoms with E-state index in [0.717, 1.165) is 62.6 Å². The molecule has 188 valence electrons. The molecule has 7 heteroatoms. The fourth-order valence-electron chi connectivity index (χ4n) is 5.19. The first-order chi connectivity index (χ1) is 16.6. The van der Waals surface area contributed by atoms with Crippen LogP contribution in [-0.2, 0) is 13.0 Å². The molecule has 0 radical (unpaired) electrons. The Bertz CT molecular complexity index is 1130. The van der Waals surface area contributed by atoms with E-state index in [2.05, 4.69) is 60.9 Å². The summed E-state index contributed by atoms with van der Waals surface area (Å²) in [5.41, 5.74) is 7.37. The molecule has 1 saturated heterocycles. The highest BCUT2D eigenvalue weighted by Gasteiger charge is 2.22. The monoisotopic (exact) mass is 513 g/mol. The number of hydrogen-bond acceptors (Lipinski definition) is 6. The van der Waals surface area contributed by atoms with E-state index >= 15 is 0 Å². The smallest absolute Gasteiger partial charge is 0.124 e. The minimum atomic E-state index is -0.179. The van der Waals surface area contributed by atoms with Crippen LogP contribution < -0.4 is 15.4 Å². The number of piperidine rings is 1. The molecule has 1 fully saturated rings. The minimum absolute atomic E-state index is 0. The molecular formula is C28H36ClN3O2S. The molecule has 0 saturated carbocycles. The van der Waals surface area contributed by atoms with Gasteiger partial charge in [0.25, 0.3) is 0 Å².